The van der Waals surface area contributed by atoms with E-state index >= 15 is 0 Å². The van der Waals surface area contributed by atoms with Gasteiger partial charge in [-0.15, -0.1) is 5.82 Å². The molecule has 1 aliphatic heterocycles. The predicted molar refractivity (Wildman–Crippen MR) is 72.5 cm³/mol. The Hall–Kier alpha value is -0.595. The minimum absolute atomic E-state index is 0.217. The third-order valence-electron chi connectivity index (χ3n) is 5.07. The van der Waals surface area contributed by atoms with Crippen molar-refractivity contribution < 1.29 is 4.79 Å². The molecule has 3 aliphatic rings. The maximum absolute atomic E-state index is 12.2. The van der Waals surface area contributed by atoms with Crippen LogP contribution < -0.4 is 5.32 Å². The van der Waals surface area contributed by atoms with Gasteiger partial charge >= 0.3 is 0 Å². The molecule has 94 valence electrons. The van der Waals surface area contributed by atoms with E-state index in [1.165, 1.54) is 38.5 Å². The van der Waals surface area contributed by atoms with Gasteiger partial charge in [0.05, 0.1) is 12.3 Å². The van der Waals surface area contributed by atoms with Crippen LogP contribution in [0.3, 0.4) is 0 Å². The number of hydrogen-bond acceptors (Lipinski definition) is 1. The van der Waals surface area contributed by atoms with Gasteiger partial charge in [-0.05, 0) is 38.0 Å². The first kappa shape index (κ1) is 11.5. The Morgan fingerprint density at radius 2 is 2.06 bits per heavy atom. The average Bonchev–Trinajstić information content (AvgIpc) is 2.57. The van der Waals surface area contributed by atoms with E-state index in [2.05, 4.69) is 12.2 Å². The third-order valence-corrected chi connectivity index (χ3v) is 5.07. The summed E-state index contributed by atoms with van der Waals surface area (Å²) in [6, 6.07) is 0. The van der Waals surface area contributed by atoms with Crippen LogP contribution >= 0.6 is 0 Å². The Morgan fingerprint density at radius 3 is 2.76 bits per heavy atom. The third kappa shape index (κ3) is 1.78. The summed E-state index contributed by atoms with van der Waals surface area (Å²) in [7, 11) is 0.365. The molecule has 3 heteroatoms. The zero-order valence-corrected chi connectivity index (χ0v) is 10.1. The van der Waals surface area contributed by atoms with Crippen LogP contribution in [0.5, 0.6) is 0 Å². The molecule has 0 aromatic rings. The van der Waals surface area contributed by atoms with E-state index in [4.69, 9.17) is 0 Å². The van der Waals surface area contributed by atoms with Gasteiger partial charge in [0.25, 0.3) is 0 Å². The number of carbonyl (C=O) groups is 1. The molecular weight excluding hydrogens is 209 g/mol. The van der Waals surface area contributed by atoms with Crippen molar-refractivity contribution in [2.45, 2.75) is 57.4 Å². The molecule has 0 bridgehead atoms. The Kier molecular flexibility index (Phi) is 2.68. The first-order chi connectivity index (χ1) is 8.11. The normalized spacial score (nSPS) is 45.9. The number of fused-ring (bicyclic) bond motifs is 2. The highest BCUT2D eigenvalue weighted by Gasteiger charge is 2.55. The Morgan fingerprint density at radius 1 is 1.35 bits per heavy atom. The van der Waals surface area contributed by atoms with E-state index in [0.29, 0.717) is 25.6 Å². The summed E-state index contributed by atoms with van der Waals surface area (Å²) >= 11 is 0. The first-order valence-electron chi connectivity index (χ1n) is 6.74. The topological polar surface area (TPSA) is 29.1 Å². The maximum Gasteiger partial charge on any atom is 0.228 e. The van der Waals surface area contributed by atoms with Gasteiger partial charge in [0.1, 0.15) is 0 Å². The van der Waals surface area contributed by atoms with Crippen molar-refractivity contribution in [2.24, 2.45) is 17.8 Å². The monoisotopic (exact) mass is 233 g/mol. The quantitative estimate of drug-likeness (QED) is 0.497. The van der Waals surface area contributed by atoms with Crippen LogP contribution in [0, 0.1) is 23.6 Å². The van der Waals surface area contributed by atoms with Gasteiger partial charge in [0, 0.05) is 17.9 Å². The molecule has 2 unspecified atom stereocenters. The molecule has 2 atom stereocenters. The molecular formula is C14H24BNO. The molecule has 1 amide bonds. The Bertz CT molecular complexity index is 322. The molecule has 1 saturated heterocycles. The van der Waals surface area contributed by atoms with Gasteiger partial charge in [0.2, 0.25) is 5.91 Å². The van der Waals surface area contributed by atoms with Gasteiger partial charge in [-0.2, -0.15) is 0 Å². The SMILES string of the molecule is [BH3-][C+]1CCC2C(C1)C(=O)NC21CCC(C)CC1. The molecule has 0 radical (unpaired) electrons. The molecule has 0 aromatic carbocycles. The van der Waals surface area contributed by atoms with Crippen molar-refractivity contribution in [3.8, 4) is 0 Å². The van der Waals surface area contributed by atoms with Crippen molar-refractivity contribution in [3.63, 3.8) is 0 Å². The van der Waals surface area contributed by atoms with Crippen LogP contribution in [0.2, 0.25) is 0 Å². The molecule has 3 fully saturated rings. The van der Waals surface area contributed by atoms with Crippen LogP contribution in [0.15, 0.2) is 0 Å². The summed E-state index contributed by atoms with van der Waals surface area (Å²) in [6.45, 7) is 2.36. The lowest BCUT2D eigenvalue weighted by Crippen LogP contribution is -2.49. The van der Waals surface area contributed by atoms with E-state index in [-0.39, 0.29) is 5.54 Å². The number of nitrogens with one attached hydrogen (secondary N) is 1. The number of hydrogen-bond donors (Lipinski definition) is 1. The zero-order chi connectivity index (χ0) is 12.0. The van der Waals surface area contributed by atoms with Crippen LogP contribution in [0.25, 0.3) is 0 Å². The van der Waals surface area contributed by atoms with Gasteiger partial charge in [-0.3, -0.25) is 4.79 Å². The summed E-state index contributed by atoms with van der Waals surface area (Å²) in [5, 5.41) is 3.43. The minimum Gasteiger partial charge on any atom is -0.350 e. The smallest absolute Gasteiger partial charge is 0.228 e. The fourth-order valence-electron chi connectivity index (χ4n) is 4.00. The highest BCUT2D eigenvalue weighted by molar-refractivity contribution is 6.19. The molecule has 1 N–H and O–H groups in total. The van der Waals surface area contributed by atoms with E-state index in [1.54, 1.807) is 5.82 Å². The molecule has 2 aliphatic carbocycles. The molecule has 1 spiro atoms. The van der Waals surface area contributed by atoms with Gasteiger partial charge in [-0.1, -0.05) is 6.92 Å². The first-order valence-corrected chi connectivity index (χ1v) is 6.74. The lowest BCUT2D eigenvalue weighted by atomic mass is 9.60. The maximum atomic E-state index is 12.2. The van der Waals surface area contributed by atoms with Gasteiger partial charge < -0.3 is 5.32 Å². The highest BCUT2D eigenvalue weighted by Crippen LogP contribution is 2.50. The summed E-state index contributed by atoms with van der Waals surface area (Å²) in [5.41, 5.74) is 0.217. The lowest BCUT2D eigenvalue weighted by Gasteiger charge is -2.42. The van der Waals surface area contributed by atoms with Crippen molar-refractivity contribution in [1.82, 2.24) is 5.32 Å². The Balaban J connectivity index is 1.81. The van der Waals surface area contributed by atoms with E-state index in [1.807, 2.05) is 0 Å². The second kappa shape index (κ2) is 3.96. The van der Waals surface area contributed by atoms with E-state index < -0.39 is 0 Å². The number of carbonyl (C=O) groups excluding carboxylic acids is 1. The van der Waals surface area contributed by atoms with Crippen molar-refractivity contribution >= 4 is 13.8 Å². The predicted octanol–water partition coefficient (Wildman–Crippen LogP) is 1.38. The molecule has 0 aromatic heterocycles. The molecule has 2 saturated carbocycles. The molecule has 3 rings (SSSR count). The van der Waals surface area contributed by atoms with Crippen molar-refractivity contribution in [2.75, 3.05) is 0 Å². The van der Waals surface area contributed by atoms with Crippen LogP contribution in [-0.2, 0) is 4.79 Å². The van der Waals surface area contributed by atoms with Crippen LogP contribution in [0.4, 0.5) is 0 Å². The Labute approximate surface area is 105 Å². The fraction of sp³-hybridized carbons (Fsp3) is 0.857. The van der Waals surface area contributed by atoms with E-state index in [9.17, 15) is 4.79 Å². The highest BCUT2D eigenvalue weighted by atomic mass is 16.2. The molecule has 1 heterocycles. The zero-order valence-electron chi connectivity index (χ0n) is 10.1. The van der Waals surface area contributed by atoms with Gasteiger partial charge in [-0.25, -0.2) is 0 Å². The number of amides is 1. The summed E-state index contributed by atoms with van der Waals surface area (Å²) in [5.74, 6) is 4.07. The lowest BCUT2D eigenvalue weighted by molar-refractivity contribution is -0.123. The largest absolute Gasteiger partial charge is 0.350 e. The standard InChI is InChI=1S/C14H24BNO/c1-9-4-6-14(7-5-9)12-3-2-10(15)8-11(12)13(17)16-14/h9,11-12H,2-8H2,1,15H3,(H,16,17). The second-order valence-corrected chi connectivity index (χ2v) is 6.03. The van der Waals surface area contributed by atoms with Crippen molar-refractivity contribution in [1.29, 1.82) is 0 Å². The van der Waals surface area contributed by atoms with Gasteiger partial charge in [0.15, 0.2) is 7.85 Å². The summed E-state index contributed by atoms with van der Waals surface area (Å²) in [6.07, 6.45) is 8.93. The summed E-state index contributed by atoms with van der Waals surface area (Å²) < 4.78 is 0. The van der Waals surface area contributed by atoms with Crippen LogP contribution in [-0.4, -0.2) is 19.3 Å². The van der Waals surface area contributed by atoms with Crippen LogP contribution in [0.1, 0.15) is 51.9 Å². The number of rotatable bonds is 0. The van der Waals surface area contributed by atoms with Crippen molar-refractivity contribution in [3.05, 3.63) is 5.82 Å². The average molecular weight is 233 g/mol. The minimum atomic E-state index is 0.217. The fourth-order valence-corrected chi connectivity index (χ4v) is 4.00. The summed E-state index contributed by atoms with van der Waals surface area (Å²) in [4.78, 5) is 12.2. The molecule has 2 nitrogen and oxygen atoms in total. The molecule has 17 heavy (non-hydrogen) atoms. The van der Waals surface area contributed by atoms with E-state index in [0.717, 1.165) is 12.3 Å². The second-order valence-electron chi connectivity index (χ2n) is 6.03.